The fourth-order valence-corrected chi connectivity index (χ4v) is 3.07. The summed E-state index contributed by atoms with van der Waals surface area (Å²) in [6, 6.07) is 10.6. The van der Waals surface area contributed by atoms with Gasteiger partial charge < -0.3 is 0 Å². The largest absolute Gasteiger partial charge is 0.259 e. The second-order valence-electron chi connectivity index (χ2n) is 6.17. The minimum absolute atomic E-state index is 0.102. The molecule has 4 rings (SSSR count). The van der Waals surface area contributed by atoms with Gasteiger partial charge in [-0.2, -0.15) is 5.10 Å². The molecule has 1 saturated carbocycles. The number of aromatic nitrogens is 3. The van der Waals surface area contributed by atoms with Crippen molar-refractivity contribution in [3.8, 4) is 11.8 Å². The van der Waals surface area contributed by atoms with Crippen molar-refractivity contribution in [3.63, 3.8) is 0 Å². The highest BCUT2D eigenvalue weighted by atomic mass is 15.3. The lowest BCUT2D eigenvalue weighted by Crippen LogP contribution is -2.10. The predicted molar refractivity (Wildman–Crippen MR) is 92.3 cm³/mol. The Morgan fingerprint density at radius 1 is 1.17 bits per heavy atom. The van der Waals surface area contributed by atoms with Crippen molar-refractivity contribution >= 4 is 10.9 Å². The van der Waals surface area contributed by atoms with E-state index < -0.39 is 0 Å². The van der Waals surface area contributed by atoms with Crippen molar-refractivity contribution in [3.05, 3.63) is 59.5 Å². The maximum Gasteiger partial charge on any atom is 0.0918 e. The second kappa shape index (κ2) is 5.55. The summed E-state index contributed by atoms with van der Waals surface area (Å²) < 4.78 is 2.04. The molecule has 1 aromatic carbocycles. The molecular weight excluding hydrogens is 282 g/mol. The molecule has 0 saturated heterocycles. The van der Waals surface area contributed by atoms with Gasteiger partial charge in [0.2, 0.25) is 0 Å². The van der Waals surface area contributed by atoms with E-state index in [1.807, 2.05) is 36.1 Å². The quantitative estimate of drug-likeness (QED) is 0.676. The van der Waals surface area contributed by atoms with Crippen molar-refractivity contribution in [2.75, 3.05) is 0 Å². The highest BCUT2D eigenvalue weighted by Gasteiger charge is 2.24. The molecule has 1 atom stereocenters. The lowest BCUT2D eigenvalue weighted by atomic mass is 10.1. The molecule has 0 radical (unpaired) electrons. The molecule has 3 nitrogen and oxygen atoms in total. The van der Waals surface area contributed by atoms with Crippen LogP contribution in [0.4, 0.5) is 0 Å². The zero-order valence-corrected chi connectivity index (χ0v) is 13.5. The Hall–Kier alpha value is -2.60. The highest BCUT2D eigenvalue weighted by Crippen LogP contribution is 2.39. The standard InChI is InChI=1S/C20H19N3/c1-3-5-16-6-4-7-20-18(16)13-22-23(20)14(2)19-11-10-17(12-21-19)15-8-9-15/h4,6-7,10-15H,8-9H2,1-2H3. The van der Waals surface area contributed by atoms with E-state index in [2.05, 4.69) is 47.0 Å². The predicted octanol–water partition coefficient (Wildman–Crippen LogP) is 4.29. The summed E-state index contributed by atoms with van der Waals surface area (Å²) in [6.45, 7) is 4.00. The van der Waals surface area contributed by atoms with Crippen molar-refractivity contribution in [1.29, 1.82) is 0 Å². The Kier molecular flexibility index (Phi) is 3.38. The Balaban J connectivity index is 1.72. The molecule has 0 bridgehead atoms. The van der Waals surface area contributed by atoms with Crippen molar-refractivity contribution in [2.24, 2.45) is 0 Å². The number of hydrogen-bond acceptors (Lipinski definition) is 2. The molecule has 0 amide bonds. The molecule has 3 heteroatoms. The minimum Gasteiger partial charge on any atom is -0.259 e. The van der Waals surface area contributed by atoms with Gasteiger partial charge in [-0.3, -0.25) is 9.67 Å². The van der Waals surface area contributed by atoms with Crippen LogP contribution in [0.25, 0.3) is 10.9 Å². The molecule has 2 aromatic heterocycles. The fourth-order valence-electron chi connectivity index (χ4n) is 3.07. The van der Waals surface area contributed by atoms with Gasteiger partial charge in [0.1, 0.15) is 0 Å². The van der Waals surface area contributed by atoms with Crippen LogP contribution in [0.2, 0.25) is 0 Å². The third kappa shape index (κ3) is 2.51. The Morgan fingerprint density at radius 2 is 2.04 bits per heavy atom. The first-order valence-corrected chi connectivity index (χ1v) is 8.13. The van der Waals surface area contributed by atoms with E-state index >= 15 is 0 Å². The Labute approximate surface area is 136 Å². The normalized spacial score (nSPS) is 15.2. The lowest BCUT2D eigenvalue weighted by molar-refractivity contribution is 0.569. The molecule has 0 aliphatic heterocycles. The van der Waals surface area contributed by atoms with Crippen LogP contribution >= 0.6 is 0 Å². The molecule has 1 fully saturated rings. The van der Waals surface area contributed by atoms with E-state index in [-0.39, 0.29) is 6.04 Å². The number of pyridine rings is 1. The highest BCUT2D eigenvalue weighted by molar-refractivity contribution is 5.85. The minimum atomic E-state index is 0.102. The maximum absolute atomic E-state index is 4.67. The van der Waals surface area contributed by atoms with Crippen LogP contribution in [-0.4, -0.2) is 14.8 Å². The molecule has 23 heavy (non-hydrogen) atoms. The van der Waals surface area contributed by atoms with Crippen LogP contribution in [0.1, 0.15) is 55.5 Å². The molecule has 3 aromatic rings. The van der Waals surface area contributed by atoms with Gasteiger partial charge in [0, 0.05) is 17.1 Å². The van der Waals surface area contributed by atoms with E-state index in [0.717, 1.165) is 28.1 Å². The van der Waals surface area contributed by atoms with E-state index in [0.29, 0.717) is 0 Å². The first kappa shape index (κ1) is 14.0. The van der Waals surface area contributed by atoms with Gasteiger partial charge in [0.05, 0.1) is 23.4 Å². The topological polar surface area (TPSA) is 30.7 Å². The first-order chi connectivity index (χ1) is 11.3. The fraction of sp³-hybridized carbons (Fsp3) is 0.300. The van der Waals surface area contributed by atoms with Crippen molar-refractivity contribution in [2.45, 2.75) is 38.6 Å². The van der Waals surface area contributed by atoms with Crippen LogP contribution in [0, 0.1) is 11.8 Å². The molecule has 1 aliphatic rings. The SMILES string of the molecule is CC#Cc1cccc2c1cnn2C(C)c1ccc(C2CC2)cn1. The second-order valence-corrected chi connectivity index (χ2v) is 6.17. The van der Waals surface area contributed by atoms with Crippen LogP contribution in [0.5, 0.6) is 0 Å². The molecule has 1 unspecified atom stereocenters. The van der Waals surface area contributed by atoms with Gasteiger partial charge in [-0.1, -0.05) is 18.1 Å². The summed E-state index contributed by atoms with van der Waals surface area (Å²) in [7, 11) is 0. The van der Waals surface area contributed by atoms with E-state index in [9.17, 15) is 0 Å². The molecule has 0 spiro atoms. The summed E-state index contributed by atoms with van der Waals surface area (Å²) >= 11 is 0. The van der Waals surface area contributed by atoms with E-state index in [1.165, 1.54) is 18.4 Å². The number of hydrogen-bond donors (Lipinski definition) is 0. The van der Waals surface area contributed by atoms with E-state index in [4.69, 9.17) is 0 Å². The van der Waals surface area contributed by atoms with Gasteiger partial charge in [-0.25, -0.2) is 0 Å². The third-order valence-electron chi connectivity index (χ3n) is 4.55. The van der Waals surface area contributed by atoms with Gasteiger partial charge >= 0.3 is 0 Å². The van der Waals surface area contributed by atoms with Gasteiger partial charge in [-0.15, -0.1) is 5.92 Å². The summed E-state index contributed by atoms with van der Waals surface area (Å²) in [6.07, 6.45) is 6.55. The summed E-state index contributed by atoms with van der Waals surface area (Å²) in [4.78, 5) is 4.67. The monoisotopic (exact) mass is 301 g/mol. The molecule has 1 aliphatic carbocycles. The maximum atomic E-state index is 4.67. The molecule has 114 valence electrons. The summed E-state index contributed by atoms with van der Waals surface area (Å²) in [5.41, 5.74) is 4.55. The number of benzene rings is 1. The van der Waals surface area contributed by atoms with Crippen LogP contribution in [0.15, 0.2) is 42.7 Å². The lowest BCUT2D eigenvalue weighted by Gasteiger charge is -2.13. The van der Waals surface area contributed by atoms with E-state index in [1.54, 1.807) is 0 Å². The summed E-state index contributed by atoms with van der Waals surface area (Å²) in [5.74, 6) is 6.86. The Bertz CT molecular complexity index is 905. The zero-order chi connectivity index (χ0) is 15.8. The first-order valence-electron chi connectivity index (χ1n) is 8.13. The van der Waals surface area contributed by atoms with Crippen molar-refractivity contribution in [1.82, 2.24) is 14.8 Å². The number of fused-ring (bicyclic) bond motifs is 1. The van der Waals surface area contributed by atoms with Gasteiger partial charge in [-0.05, 0) is 56.4 Å². The molecule has 0 N–H and O–H groups in total. The average molecular weight is 301 g/mol. The Morgan fingerprint density at radius 3 is 2.74 bits per heavy atom. The molecule has 2 heterocycles. The zero-order valence-electron chi connectivity index (χ0n) is 13.5. The molecular formula is C20H19N3. The van der Waals surface area contributed by atoms with Crippen LogP contribution < -0.4 is 0 Å². The third-order valence-corrected chi connectivity index (χ3v) is 4.55. The van der Waals surface area contributed by atoms with Crippen LogP contribution in [0.3, 0.4) is 0 Å². The summed E-state index contributed by atoms with van der Waals surface area (Å²) in [5, 5.41) is 5.69. The smallest absolute Gasteiger partial charge is 0.0918 e. The van der Waals surface area contributed by atoms with Crippen molar-refractivity contribution < 1.29 is 0 Å². The average Bonchev–Trinajstić information content (AvgIpc) is 3.34. The van der Waals surface area contributed by atoms with Gasteiger partial charge in [0.25, 0.3) is 0 Å². The van der Waals surface area contributed by atoms with Crippen LogP contribution in [-0.2, 0) is 0 Å². The van der Waals surface area contributed by atoms with Gasteiger partial charge in [0.15, 0.2) is 0 Å². The number of rotatable bonds is 3. The number of nitrogens with zero attached hydrogens (tertiary/aromatic N) is 3.